The minimum Gasteiger partial charge on any atom is -0.468 e. The Morgan fingerprint density at radius 2 is 1.53 bits per heavy atom. The molecule has 1 atom stereocenters. The molecule has 23 heteroatoms. The molecule has 0 N–H and O–H groups in total. The molecule has 2 aromatic carbocycles. The van der Waals surface area contributed by atoms with Crippen molar-refractivity contribution in [1.82, 2.24) is 24.8 Å². The summed E-state index contributed by atoms with van der Waals surface area (Å²) in [5.74, 6) is 0.286. The fraction of sp³-hybridized carbons (Fsp3) is 0.592. The smallest absolute Gasteiger partial charge is 0.435 e. The number of aryl methyl sites for hydroxylation is 1. The number of halogens is 11. The molecule has 1 aliphatic carbocycles. The number of pyridine rings is 1. The standard InChI is InChI=1S/C47H49F11N6O6.C2H6/c1-6-30-32(48)9-7-27-19-29(68-25-66-5)20-31(34(27)30)37-36(49)38-35-33(59-37)10-8-28-21-63(41(65)70-42(2,3)4)17-18-64(28)39(35)61-40(60-38)67-24-43(13-14-43)23-62-15-11-26(12-16-62)22-69-44(45(50,51)52,46(53,54)55)47(56,57)58;1-2/h1,7,9,19-20,26,28H,8,10-18,21-25H2,2-5H3;1-2H3. The molecule has 3 fully saturated rings. The number of ether oxygens (including phenoxy) is 5. The number of rotatable bonds is 12. The van der Waals surface area contributed by atoms with Crippen LogP contribution in [0.2, 0.25) is 0 Å². The summed E-state index contributed by atoms with van der Waals surface area (Å²) in [5, 5.41) is 0.919. The van der Waals surface area contributed by atoms with E-state index < -0.39 is 65.4 Å². The number of piperidine rings is 1. The number of hydrogen-bond acceptors (Lipinski definition) is 11. The van der Waals surface area contributed by atoms with Gasteiger partial charge in [-0.15, -0.1) is 6.42 Å². The number of benzene rings is 2. The summed E-state index contributed by atoms with van der Waals surface area (Å²) in [4.78, 5) is 33.1. The predicted molar refractivity (Wildman–Crippen MR) is 242 cm³/mol. The summed E-state index contributed by atoms with van der Waals surface area (Å²) < 4.78 is 181. The van der Waals surface area contributed by atoms with Crippen molar-refractivity contribution in [3.8, 4) is 35.4 Å². The molecule has 0 bridgehead atoms. The van der Waals surface area contributed by atoms with E-state index in [4.69, 9.17) is 35.3 Å². The predicted octanol–water partition coefficient (Wildman–Crippen LogP) is 10.8. The van der Waals surface area contributed by atoms with E-state index >= 15 is 8.78 Å². The first-order valence-corrected chi connectivity index (χ1v) is 23.5. The SMILES string of the molecule is C#Cc1c(F)ccc2cc(OCOC)cc(-c3nc4c5c(nc(OCC6(CN7CCC(COC(C(F)(F)F)(C(F)(F)F)C(F)(F)F)CC7)CC6)nc5c3F)N3CCN(C(=O)OC(C)(C)C)CC3CC4)c12.CC. The Balaban J connectivity index is 0.00000376. The maximum Gasteiger partial charge on any atom is 0.435 e. The zero-order chi connectivity index (χ0) is 52.8. The lowest BCUT2D eigenvalue weighted by Gasteiger charge is -2.41. The Kier molecular flexibility index (Phi) is 15.4. The summed E-state index contributed by atoms with van der Waals surface area (Å²) >= 11 is 0. The first-order valence-electron chi connectivity index (χ1n) is 23.5. The first-order chi connectivity index (χ1) is 33.8. The van der Waals surface area contributed by atoms with E-state index in [1.165, 1.54) is 25.3 Å². The molecule has 12 nitrogen and oxygen atoms in total. The van der Waals surface area contributed by atoms with Crippen LogP contribution in [-0.2, 0) is 20.6 Å². The summed E-state index contributed by atoms with van der Waals surface area (Å²) in [6, 6.07) is 5.20. The molecule has 4 aliphatic rings. The highest BCUT2D eigenvalue weighted by Crippen LogP contribution is 2.55. The molecular formula is C49H55F11N6O6. The summed E-state index contributed by atoms with van der Waals surface area (Å²) in [5.41, 5.74) is -7.60. The monoisotopic (exact) mass is 1030 g/mol. The minimum absolute atomic E-state index is 0.00283. The van der Waals surface area contributed by atoms with Crippen LogP contribution in [0.5, 0.6) is 11.8 Å². The quantitative estimate of drug-likeness (QED) is 0.0768. The normalized spacial score (nSPS) is 18.8. The number of nitrogens with zero attached hydrogens (tertiary/aromatic N) is 6. The minimum atomic E-state index is -6.81. The molecule has 8 rings (SSSR count). The number of terminal acetylenes is 1. The number of aromatic nitrogens is 3. The van der Waals surface area contributed by atoms with Gasteiger partial charge in [0.1, 0.15) is 34.2 Å². The Bertz CT molecular complexity index is 2640. The van der Waals surface area contributed by atoms with E-state index in [9.17, 15) is 44.3 Å². The molecular weight excluding hydrogens is 978 g/mol. The van der Waals surface area contributed by atoms with Crippen molar-refractivity contribution < 1.29 is 76.8 Å². The molecule has 5 heterocycles. The Labute approximate surface area is 408 Å². The van der Waals surface area contributed by atoms with Crippen LogP contribution in [0.25, 0.3) is 32.9 Å². The van der Waals surface area contributed by atoms with E-state index in [0.29, 0.717) is 48.1 Å². The van der Waals surface area contributed by atoms with Crippen LogP contribution >= 0.6 is 0 Å². The van der Waals surface area contributed by atoms with Crippen molar-refractivity contribution in [2.75, 3.05) is 71.3 Å². The Morgan fingerprint density at radius 3 is 2.12 bits per heavy atom. The van der Waals surface area contributed by atoms with Crippen LogP contribution in [0.3, 0.4) is 0 Å². The van der Waals surface area contributed by atoms with Gasteiger partial charge >= 0.3 is 36.2 Å². The largest absolute Gasteiger partial charge is 0.468 e. The van der Waals surface area contributed by atoms with Crippen LogP contribution in [0, 0.1) is 35.3 Å². The molecule has 2 saturated heterocycles. The van der Waals surface area contributed by atoms with Crippen LogP contribution in [0.15, 0.2) is 24.3 Å². The third-order valence-corrected chi connectivity index (χ3v) is 13.2. The zero-order valence-electron chi connectivity index (χ0n) is 40.4. The second kappa shape index (κ2) is 20.4. The average molecular weight is 1030 g/mol. The van der Waals surface area contributed by atoms with Crippen LogP contribution in [0.4, 0.5) is 58.9 Å². The van der Waals surface area contributed by atoms with Gasteiger partial charge in [-0.25, -0.2) is 18.6 Å². The molecule has 394 valence electrons. The van der Waals surface area contributed by atoms with Gasteiger partial charge in [0, 0.05) is 55.7 Å². The molecule has 0 radical (unpaired) electrons. The van der Waals surface area contributed by atoms with Crippen molar-refractivity contribution in [3.05, 3.63) is 47.2 Å². The molecule has 4 aromatic rings. The lowest BCUT2D eigenvalue weighted by atomic mass is 9.95. The van der Waals surface area contributed by atoms with Gasteiger partial charge in [-0.3, -0.25) is 0 Å². The molecule has 1 amide bonds. The van der Waals surface area contributed by atoms with Crippen LogP contribution < -0.4 is 14.4 Å². The summed E-state index contributed by atoms with van der Waals surface area (Å²) in [6.45, 7) is 9.06. The van der Waals surface area contributed by atoms with E-state index in [-0.39, 0.29) is 111 Å². The van der Waals surface area contributed by atoms with Gasteiger partial charge in [0.2, 0.25) is 0 Å². The Morgan fingerprint density at radius 1 is 0.861 bits per heavy atom. The zero-order valence-corrected chi connectivity index (χ0v) is 40.4. The van der Waals surface area contributed by atoms with E-state index in [1.807, 2.05) is 23.6 Å². The average Bonchev–Trinajstić information content (AvgIpc) is 4.10. The van der Waals surface area contributed by atoms with E-state index in [0.717, 1.165) is 0 Å². The highest BCUT2D eigenvalue weighted by Gasteiger charge is 2.85. The topological polar surface area (TPSA) is 112 Å². The Hall–Kier alpha value is -5.47. The number of piperazine rings is 1. The van der Waals surface area contributed by atoms with Crippen molar-refractivity contribution in [2.24, 2.45) is 11.3 Å². The van der Waals surface area contributed by atoms with Crippen molar-refractivity contribution in [1.29, 1.82) is 0 Å². The van der Waals surface area contributed by atoms with E-state index in [2.05, 4.69) is 15.6 Å². The number of likely N-dealkylation sites (tertiary alicyclic amines) is 1. The number of alkyl halides is 9. The molecule has 2 aromatic heterocycles. The number of anilines is 1. The summed E-state index contributed by atoms with van der Waals surface area (Å²) in [7, 11) is 1.42. The highest BCUT2D eigenvalue weighted by atomic mass is 19.4. The number of carbonyl (C=O) groups excluding carboxylic acids is 1. The lowest BCUT2D eigenvalue weighted by Crippen LogP contribution is -2.68. The number of hydrogen-bond donors (Lipinski definition) is 0. The molecule has 1 unspecified atom stereocenters. The van der Waals surface area contributed by atoms with Gasteiger partial charge in [-0.2, -0.15) is 49.5 Å². The number of amides is 1. The number of fused-ring (bicyclic) bond motifs is 3. The second-order valence-electron chi connectivity index (χ2n) is 19.3. The lowest BCUT2D eigenvalue weighted by molar-refractivity contribution is -0.458. The number of methoxy groups -OCH3 is 1. The van der Waals surface area contributed by atoms with Crippen LogP contribution in [0.1, 0.15) is 78.0 Å². The molecule has 3 aliphatic heterocycles. The van der Waals surface area contributed by atoms with Gasteiger partial charge in [0.25, 0.3) is 0 Å². The fourth-order valence-electron chi connectivity index (χ4n) is 9.46. The molecule has 1 saturated carbocycles. The second-order valence-corrected chi connectivity index (χ2v) is 19.3. The fourth-order valence-corrected chi connectivity index (χ4v) is 9.46. The van der Waals surface area contributed by atoms with Gasteiger partial charge < -0.3 is 38.4 Å². The van der Waals surface area contributed by atoms with Crippen molar-refractivity contribution in [3.63, 3.8) is 0 Å². The summed E-state index contributed by atoms with van der Waals surface area (Å²) in [6.07, 6.45) is -13.2. The van der Waals surface area contributed by atoms with E-state index in [1.54, 1.807) is 31.7 Å². The number of carbonyl (C=O) groups is 1. The third kappa shape index (κ3) is 10.8. The van der Waals surface area contributed by atoms with Crippen molar-refractivity contribution in [2.45, 2.75) is 109 Å². The van der Waals surface area contributed by atoms with Gasteiger partial charge in [-0.05, 0) is 102 Å². The molecule has 0 spiro atoms. The first kappa shape index (κ1) is 54.3. The highest BCUT2D eigenvalue weighted by molar-refractivity contribution is 6.03. The van der Waals surface area contributed by atoms with Crippen molar-refractivity contribution >= 4 is 33.6 Å². The van der Waals surface area contributed by atoms with Gasteiger partial charge in [-0.1, -0.05) is 25.8 Å². The van der Waals surface area contributed by atoms with Crippen LogP contribution in [-0.4, -0.2) is 133 Å². The maximum absolute atomic E-state index is 17.6. The van der Waals surface area contributed by atoms with Gasteiger partial charge in [0.15, 0.2) is 12.6 Å². The maximum atomic E-state index is 17.6. The molecule has 72 heavy (non-hydrogen) atoms. The third-order valence-electron chi connectivity index (χ3n) is 13.2. The van der Waals surface area contributed by atoms with Gasteiger partial charge in [0.05, 0.1) is 29.9 Å².